The average Bonchev–Trinajstić information content (AvgIpc) is 2.90. The van der Waals surface area contributed by atoms with Gasteiger partial charge < -0.3 is 0 Å². The Morgan fingerprint density at radius 1 is 0.829 bits per heavy atom. The summed E-state index contributed by atoms with van der Waals surface area (Å²) in [5.41, 5.74) is 5.19. The Bertz CT molecular complexity index is 811. The van der Waals surface area contributed by atoms with Gasteiger partial charge in [0.2, 0.25) is 0 Å². The minimum absolute atomic E-state index is 0.616. The normalized spacial score (nSPS) is 18.9. The van der Waals surface area contributed by atoms with Crippen LogP contribution in [0.1, 0.15) is 127 Å². The molecule has 1 atom stereocenters. The monoisotopic (exact) mass is 473 g/mol. The molecule has 0 saturated heterocycles. The zero-order valence-corrected chi connectivity index (χ0v) is 22.8. The summed E-state index contributed by atoms with van der Waals surface area (Å²) in [5, 5.41) is 0. The van der Waals surface area contributed by atoms with Gasteiger partial charge in [0.1, 0.15) is 0 Å². The van der Waals surface area contributed by atoms with Crippen molar-refractivity contribution in [2.45, 2.75) is 122 Å². The van der Waals surface area contributed by atoms with Crippen molar-refractivity contribution >= 4 is 0 Å². The Morgan fingerprint density at radius 3 is 2.17 bits per heavy atom. The predicted octanol–water partition coefficient (Wildman–Crippen LogP) is 10.7. The fourth-order valence-electron chi connectivity index (χ4n) is 6.10. The van der Waals surface area contributed by atoms with Gasteiger partial charge in [0.05, 0.1) is 5.69 Å². The van der Waals surface area contributed by atoms with Gasteiger partial charge in [0.25, 0.3) is 0 Å². The molecule has 1 saturated carbocycles. The molecular weight excluding hydrogens is 422 g/mol. The van der Waals surface area contributed by atoms with E-state index < -0.39 is 0 Å². The SMILES string of the molecule is C=CCC(c1ccc(-c2ccc(CCCCCCCC)cn2)cc1)C1CCC(CCCCC)CC1. The van der Waals surface area contributed by atoms with Gasteiger partial charge >= 0.3 is 0 Å². The van der Waals surface area contributed by atoms with Crippen molar-refractivity contribution in [3.05, 3.63) is 66.4 Å². The van der Waals surface area contributed by atoms with Crippen LogP contribution in [0.3, 0.4) is 0 Å². The van der Waals surface area contributed by atoms with Crippen molar-refractivity contribution in [1.29, 1.82) is 0 Å². The Labute approximate surface area is 216 Å². The van der Waals surface area contributed by atoms with Gasteiger partial charge in [-0.1, -0.05) is 121 Å². The Morgan fingerprint density at radius 2 is 1.51 bits per heavy atom. The molecule has 0 N–H and O–H groups in total. The van der Waals surface area contributed by atoms with Crippen LogP contribution in [-0.2, 0) is 6.42 Å². The van der Waals surface area contributed by atoms with Gasteiger partial charge in [-0.15, -0.1) is 6.58 Å². The van der Waals surface area contributed by atoms with E-state index in [0.717, 1.165) is 30.4 Å². The van der Waals surface area contributed by atoms with Crippen molar-refractivity contribution < 1.29 is 0 Å². The summed E-state index contributed by atoms with van der Waals surface area (Å²) in [7, 11) is 0. The van der Waals surface area contributed by atoms with E-state index in [9.17, 15) is 0 Å². The van der Waals surface area contributed by atoms with Gasteiger partial charge in [-0.3, -0.25) is 4.98 Å². The van der Waals surface area contributed by atoms with Gasteiger partial charge in [-0.2, -0.15) is 0 Å². The predicted molar refractivity (Wildman–Crippen MR) is 154 cm³/mol. The number of rotatable bonds is 16. The van der Waals surface area contributed by atoms with Crippen LogP contribution in [0.2, 0.25) is 0 Å². The molecule has 192 valence electrons. The van der Waals surface area contributed by atoms with Crippen LogP contribution >= 0.6 is 0 Å². The maximum absolute atomic E-state index is 4.80. The number of allylic oxidation sites excluding steroid dienone is 1. The summed E-state index contributed by atoms with van der Waals surface area (Å²) in [6, 6.07) is 13.8. The molecule has 0 aliphatic heterocycles. The molecule has 1 heterocycles. The summed E-state index contributed by atoms with van der Waals surface area (Å²) >= 11 is 0. The molecule has 0 bridgehead atoms. The molecule has 1 aromatic heterocycles. The number of hydrogen-bond acceptors (Lipinski definition) is 1. The molecule has 1 heteroatoms. The lowest BCUT2D eigenvalue weighted by atomic mass is 9.71. The van der Waals surface area contributed by atoms with Crippen LogP contribution < -0.4 is 0 Å². The fourth-order valence-corrected chi connectivity index (χ4v) is 6.10. The van der Waals surface area contributed by atoms with E-state index in [1.807, 2.05) is 0 Å². The van der Waals surface area contributed by atoms with E-state index in [-0.39, 0.29) is 0 Å². The van der Waals surface area contributed by atoms with Crippen molar-refractivity contribution in [2.24, 2.45) is 11.8 Å². The van der Waals surface area contributed by atoms with E-state index in [1.165, 1.54) is 107 Å². The van der Waals surface area contributed by atoms with Crippen LogP contribution in [0, 0.1) is 11.8 Å². The smallest absolute Gasteiger partial charge is 0.0702 e. The highest BCUT2D eigenvalue weighted by atomic mass is 14.7. The highest BCUT2D eigenvalue weighted by Crippen LogP contribution is 2.41. The number of pyridine rings is 1. The Hall–Kier alpha value is -1.89. The number of hydrogen-bond donors (Lipinski definition) is 0. The zero-order chi connectivity index (χ0) is 24.7. The first-order valence-corrected chi connectivity index (χ1v) is 14.9. The fraction of sp³-hybridized carbons (Fsp3) is 0.618. The van der Waals surface area contributed by atoms with Gasteiger partial charge in [0.15, 0.2) is 0 Å². The number of unbranched alkanes of at least 4 members (excludes halogenated alkanes) is 7. The second kappa shape index (κ2) is 16.0. The second-order valence-corrected chi connectivity index (χ2v) is 11.1. The van der Waals surface area contributed by atoms with Crippen LogP contribution in [0.15, 0.2) is 55.3 Å². The van der Waals surface area contributed by atoms with Gasteiger partial charge in [-0.05, 0) is 67.1 Å². The van der Waals surface area contributed by atoms with E-state index in [0.29, 0.717) is 5.92 Å². The van der Waals surface area contributed by atoms with Crippen LogP contribution in [0.25, 0.3) is 11.3 Å². The molecule has 0 radical (unpaired) electrons. The quantitative estimate of drug-likeness (QED) is 0.174. The van der Waals surface area contributed by atoms with Crippen LogP contribution in [0.5, 0.6) is 0 Å². The lowest BCUT2D eigenvalue weighted by Crippen LogP contribution is -2.20. The molecule has 3 rings (SSSR count). The molecular formula is C34H51N. The topological polar surface area (TPSA) is 12.9 Å². The molecule has 2 aromatic rings. The van der Waals surface area contributed by atoms with E-state index in [4.69, 9.17) is 4.98 Å². The number of aromatic nitrogens is 1. The standard InChI is InChI=1S/C34H51N/c1-4-7-9-10-11-13-16-29-19-26-34(35-27-29)32-24-22-31(23-25-32)33(14-6-3)30-20-17-28(18-21-30)15-12-8-5-2/h6,19,22-28,30,33H,3-5,7-18,20-21H2,1-2H3. The Kier molecular flexibility index (Phi) is 12.6. The highest BCUT2D eigenvalue weighted by Gasteiger charge is 2.27. The molecule has 0 spiro atoms. The summed E-state index contributed by atoms with van der Waals surface area (Å²) in [6.45, 7) is 8.68. The third-order valence-corrected chi connectivity index (χ3v) is 8.38. The highest BCUT2D eigenvalue weighted by molar-refractivity contribution is 5.59. The third kappa shape index (κ3) is 9.25. The average molecular weight is 474 g/mol. The van der Waals surface area contributed by atoms with Gasteiger partial charge in [0, 0.05) is 11.8 Å². The first kappa shape index (κ1) is 27.7. The van der Waals surface area contributed by atoms with Crippen molar-refractivity contribution in [3.8, 4) is 11.3 Å². The van der Waals surface area contributed by atoms with Crippen molar-refractivity contribution in [3.63, 3.8) is 0 Å². The lowest BCUT2D eigenvalue weighted by Gasteiger charge is -2.34. The maximum Gasteiger partial charge on any atom is 0.0702 e. The minimum Gasteiger partial charge on any atom is -0.256 e. The first-order chi connectivity index (χ1) is 17.2. The number of aryl methyl sites for hydroxylation is 1. The van der Waals surface area contributed by atoms with Crippen molar-refractivity contribution in [1.82, 2.24) is 4.98 Å². The molecule has 1 fully saturated rings. The molecule has 0 amide bonds. The van der Waals surface area contributed by atoms with Crippen molar-refractivity contribution in [2.75, 3.05) is 0 Å². The van der Waals surface area contributed by atoms with E-state index >= 15 is 0 Å². The van der Waals surface area contributed by atoms with Crippen LogP contribution in [-0.4, -0.2) is 4.98 Å². The van der Waals surface area contributed by atoms with Gasteiger partial charge in [-0.25, -0.2) is 0 Å². The first-order valence-electron chi connectivity index (χ1n) is 14.9. The number of benzene rings is 1. The summed E-state index contributed by atoms with van der Waals surface area (Å²) in [5.74, 6) is 2.39. The molecule has 1 unspecified atom stereocenters. The minimum atomic E-state index is 0.616. The second-order valence-electron chi connectivity index (χ2n) is 11.1. The lowest BCUT2D eigenvalue weighted by molar-refractivity contribution is 0.230. The van der Waals surface area contributed by atoms with Crippen LogP contribution in [0.4, 0.5) is 0 Å². The van der Waals surface area contributed by atoms with E-state index in [1.54, 1.807) is 0 Å². The third-order valence-electron chi connectivity index (χ3n) is 8.38. The molecule has 35 heavy (non-hydrogen) atoms. The Balaban J connectivity index is 1.52. The molecule has 1 nitrogen and oxygen atoms in total. The maximum atomic E-state index is 4.80. The largest absolute Gasteiger partial charge is 0.256 e. The molecule has 1 aromatic carbocycles. The summed E-state index contributed by atoms with van der Waals surface area (Å²) < 4.78 is 0. The van der Waals surface area contributed by atoms with E-state index in [2.05, 4.69) is 69.1 Å². The summed E-state index contributed by atoms with van der Waals surface area (Å²) in [4.78, 5) is 4.80. The molecule has 1 aliphatic carbocycles. The zero-order valence-electron chi connectivity index (χ0n) is 22.8. The molecule has 1 aliphatic rings. The number of nitrogens with zero attached hydrogens (tertiary/aromatic N) is 1. The summed E-state index contributed by atoms with van der Waals surface area (Å²) in [6.07, 6.45) is 25.8.